The summed E-state index contributed by atoms with van der Waals surface area (Å²) in [7, 11) is 1.24. The lowest BCUT2D eigenvalue weighted by Crippen LogP contribution is -2.60. The number of methoxy groups -OCH3 is 1. The number of carbonyl (C=O) groups is 3. The van der Waals surface area contributed by atoms with Gasteiger partial charge in [-0.05, 0) is 12.8 Å². The predicted octanol–water partition coefficient (Wildman–Crippen LogP) is -8.89. The number of nitrogens with one attached hydrogen (secondary N) is 2. The normalized spacial score (nSPS) is 32.3. The third-order valence-electron chi connectivity index (χ3n) is 10.8. The predicted molar refractivity (Wildman–Crippen MR) is 224 cm³/mol. The summed E-state index contributed by atoms with van der Waals surface area (Å²) in [5.41, 5.74) is -1.61. The fourth-order valence-electron chi connectivity index (χ4n) is 6.85. The summed E-state index contributed by atoms with van der Waals surface area (Å²) < 4.78 is 70.3. The monoisotopic (exact) mass is 1030 g/mol. The van der Waals surface area contributed by atoms with E-state index in [0.29, 0.717) is 12.8 Å². The van der Waals surface area contributed by atoms with Gasteiger partial charge < -0.3 is 133 Å². The van der Waals surface area contributed by atoms with E-state index < -0.39 is 182 Å². The molecule has 0 bridgehead atoms. The quantitative estimate of drug-likeness (QED) is 0.0159. The van der Waals surface area contributed by atoms with E-state index in [2.05, 4.69) is 15.4 Å². The summed E-state index contributed by atoms with van der Waals surface area (Å²) in [5, 5.41) is 124. The van der Waals surface area contributed by atoms with Crippen molar-refractivity contribution in [2.24, 2.45) is 0 Å². The second-order valence-electron chi connectivity index (χ2n) is 16.2. The van der Waals surface area contributed by atoms with Crippen LogP contribution in [0.15, 0.2) is 0 Å². The van der Waals surface area contributed by atoms with Crippen LogP contribution >= 0.6 is 0 Å². The average molecular weight is 1030 g/mol. The molecule has 3 rings (SSSR count). The Hall–Kier alpha value is -2.55. The SMILES string of the molecule is COC(=O)CCCCC(=O)NCC(=O)NC(COCOCCOC1OC(CO)C(O)C(O)C1O)(COCOCCOC1OC(CO)C(O)C(O)C1O)COCOCCOC1OC(CO)C(O)C(O)C1O. The Morgan fingerprint density at radius 3 is 1.17 bits per heavy atom. The minimum absolute atomic E-state index is 0.00292. The van der Waals surface area contributed by atoms with Crippen molar-refractivity contribution >= 4 is 17.8 Å². The first-order valence-electron chi connectivity index (χ1n) is 22.4. The molecule has 15 unspecified atom stereocenters. The Balaban J connectivity index is 1.62. The van der Waals surface area contributed by atoms with Crippen molar-refractivity contribution in [2.75, 3.05) is 113 Å². The maximum absolute atomic E-state index is 13.4. The third-order valence-corrected chi connectivity index (χ3v) is 10.8. The summed E-state index contributed by atoms with van der Waals surface area (Å²) in [5.74, 6) is -1.67. The lowest BCUT2D eigenvalue weighted by molar-refractivity contribution is -0.303. The smallest absolute Gasteiger partial charge is 0.305 e. The molecule has 3 aliphatic rings. The number of ether oxygens (including phenoxy) is 13. The number of aliphatic hydroxyl groups excluding tert-OH is 12. The second-order valence-corrected chi connectivity index (χ2v) is 16.2. The molecule has 70 heavy (non-hydrogen) atoms. The number of amides is 2. The van der Waals surface area contributed by atoms with Crippen LogP contribution in [0.2, 0.25) is 0 Å². The van der Waals surface area contributed by atoms with Crippen molar-refractivity contribution in [3.05, 3.63) is 0 Å². The first kappa shape index (κ1) is 61.7. The van der Waals surface area contributed by atoms with Gasteiger partial charge >= 0.3 is 5.97 Å². The standard InChI is InChI=1S/C40H72N2O28/c1-58-27(48)5-3-2-4-25(46)41-12-26(47)42-40(16-62-19-59-6-9-65-37-34(55)31(52)28(49)22(13-43)68-37,17-63-20-60-7-10-66-38-35(56)32(53)29(50)23(14-44)69-38)18-64-21-61-8-11-67-39-36(57)33(54)30(51)24(15-45)70-39/h22-24,28-39,43-45,49-57H,2-21H2,1H3,(H,41,46)(H,42,47). The molecule has 30 nitrogen and oxygen atoms in total. The van der Waals surface area contributed by atoms with Crippen LogP contribution in [-0.4, -0.2) is 290 Å². The highest BCUT2D eigenvalue weighted by atomic mass is 16.7. The summed E-state index contributed by atoms with van der Waals surface area (Å²) >= 11 is 0. The Kier molecular flexibility index (Phi) is 29.4. The zero-order valence-corrected chi connectivity index (χ0v) is 38.7. The number of hydrogen-bond donors (Lipinski definition) is 14. The van der Waals surface area contributed by atoms with Crippen LogP contribution in [0.1, 0.15) is 25.7 Å². The van der Waals surface area contributed by atoms with Gasteiger partial charge in [0.05, 0.1) is 92.9 Å². The summed E-state index contributed by atoms with van der Waals surface area (Å²) in [6.45, 7) is -6.29. The average Bonchev–Trinajstić information content (AvgIpc) is 3.35. The molecule has 0 aromatic rings. The number of aliphatic hydroxyl groups is 12. The summed E-state index contributed by atoms with van der Waals surface area (Å²) in [4.78, 5) is 37.3. The summed E-state index contributed by atoms with van der Waals surface area (Å²) in [6, 6.07) is 0. The number of unbranched alkanes of at least 4 members (excludes halogenated alkanes) is 1. The highest BCUT2D eigenvalue weighted by molar-refractivity contribution is 5.85. The van der Waals surface area contributed by atoms with E-state index in [1.54, 1.807) is 0 Å². The first-order valence-corrected chi connectivity index (χ1v) is 22.4. The molecule has 14 N–H and O–H groups in total. The van der Waals surface area contributed by atoms with Crippen LogP contribution in [0.3, 0.4) is 0 Å². The molecule has 0 radical (unpaired) electrons. The van der Waals surface area contributed by atoms with Crippen LogP contribution in [0.4, 0.5) is 0 Å². The maximum atomic E-state index is 13.4. The lowest BCUT2D eigenvalue weighted by Gasteiger charge is -2.39. The van der Waals surface area contributed by atoms with E-state index >= 15 is 0 Å². The van der Waals surface area contributed by atoms with E-state index in [1.807, 2.05) is 0 Å². The van der Waals surface area contributed by atoms with E-state index in [4.69, 9.17) is 56.8 Å². The molecule has 30 heteroatoms. The number of esters is 1. The molecule has 3 heterocycles. The highest BCUT2D eigenvalue weighted by Gasteiger charge is 2.46. The molecule has 3 aliphatic heterocycles. The molecular formula is C40H72N2O28. The van der Waals surface area contributed by atoms with E-state index in [-0.39, 0.29) is 52.5 Å². The fourth-order valence-corrected chi connectivity index (χ4v) is 6.85. The number of hydrogen-bond acceptors (Lipinski definition) is 28. The van der Waals surface area contributed by atoms with Gasteiger partial charge in [-0.15, -0.1) is 0 Å². The van der Waals surface area contributed by atoms with Crippen LogP contribution in [0.25, 0.3) is 0 Å². The molecule has 3 fully saturated rings. The van der Waals surface area contributed by atoms with E-state index in [9.17, 15) is 75.7 Å². The van der Waals surface area contributed by atoms with Gasteiger partial charge in [0.1, 0.15) is 99.2 Å². The third kappa shape index (κ3) is 20.4. The van der Waals surface area contributed by atoms with Crippen molar-refractivity contribution in [1.82, 2.24) is 10.6 Å². The molecule has 0 aromatic carbocycles. The molecule has 3 saturated heterocycles. The molecule has 0 aromatic heterocycles. The van der Waals surface area contributed by atoms with Gasteiger partial charge in [0, 0.05) is 12.8 Å². The molecular weight excluding hydrogens is 956 g/mol. The Bertz CT molecular complexity index is 1330. The Morgan fingerprint density at radius 2 is 0.829 bits per heavy atom. The van der Waals surface area contributed by atoms with Crippen LogP contribution in [-0.2, 0) is 76.0 Å². The highest BCUT2D eigenvalue weighted by Crippen LogP contribution is 2.24. The molecule has 0 saturated carbocycles. The van der Waals surface area contributed by atoms with Crippen molar-refractivity contribution in [3.8, 4) is 0 Å². The van der Waals surface area contributed by atoms with Crippen LogP contribution in [0.5, 0.6) is 0 Å². The Labute approximate surface area is 402 Å². The molecule has 2 amide bonds. The van der Waals surface area contributed by atoms with Crippen molar-refractivity contribution in [3.63, 3.8) is 0 Å². The zero-order valence-electron chi connectivity index (χ0n) is 38.7. The number of carbonyl (C=O) groups excluding carboxylic acids is 3. The van der Waals surface area contributed by atoms with Crippen LogP contribution < -0.4 is 10.6 Å². The van der Waals surface area contributed by atoms with Crippen molar-refractivity contribution in [1.29, 1.82) is 0 Å². The minimum Gasteiger partial charge on any atom is -0.469 e. The van der Waals surface area contributed by atoms with Crippen molar-refractivity contribution in [2.45, 2.75) is 123 Å². The molecule has 0 aliphatic carbocycles. The van der Waals surface area contributed by atoms with Gasteiger partial charge in [-0.3, -0.25) is 14.4 Å². The fraction of sp³-hybridized carbons (Fsp3) is 0.925. The zero-order chi connectivity index (χ0) is 51.6. The largest absolute Gasteiger partial charge is 0.469 e. The Morgan fingerprint density at radius 1 is 0.471 bits per heavy atom. The first-order chi connectivity index (χ1) is 33.5. The number of rotatable bonds is 35. The van der Waals surface area contributed by atoms with E-state index in [1.165, 1.54) is 7.11 Å². The molecule has 410 valence electrons. The lowest BCUT2D eigenvalue weighted by atomic mass is 9.99. The summed E-state index contributed by atoms with van der Waals surface area (Å²) in [6.07, 6.45) is -21.7. The van der Waals surface area contributed by atoms with Crippen LogP contribution in [0, 0.1) is 0 Å². The maximum Gasteiger partial charge on any atom is 0.305 e. The van der Waals surface area contributed by atoms with Gasteiger partial charge in [0.2, 0.25) is 11.8 Å². The molecule has 0 spiro atoms. The topological polar surface area (TPSA) is 438 Å². The minimum atomic E-state index is -1.66. The van der Waals surface area contributed by atoms with E-state index in [0.717, 1.165) is 0 Å². The molecule has 15 atom stereocenters. The van der Waals surface area contributed by atoms with Gasteiger partial charge in [0.15, 0.2) is 18.9 Å². The van der Waals surface area contributed by atoms with Gasteiger partial charge in [-0.25, -0.2) is 0 Å². The van der Waals surface area contributed by atoms with Gasteiger partial charge in [-0.1, -0.05) is 0 Å². The van der Waals surface area contributed by atoms with Gasteiger partial charge in [-0.2, -0.15) is 0 Å². The van der Waals surface area contributed by atoms with Gasteiger partial charge in [0.25, 0.3) is 0 Å². The second kappa shape index (κ2) is 33.3. The van der Waals surface area contributed by atoms with Crippen molar-refractivity contribution < 1.29 is 137 Å².